The topological polar surface area (TPSA) is 152 Å². The molecule has 1 saturated heterocycles. The van der Waals surface area contributed by atoms with Crippen molar-refractivity contribution in [1.29, 1.82) is 0 Å². The minimum atomic E-state index is -0.821. The van der Waals surface area contributed by atoms with Gasteiger partial charge in [0.05, 0.1) is 22.4 Å². The number of cyclic esters (lactones) is 1. The van der Waals surface area contributed by atoms with Gasteiger partial charge in [0, 0.05) is 12.8 Å². The molecule has 2 aromatic rings. The molecule has 0 bridgehead atoms. The Hall–Kier alpha value is -3.58. The molecule has 166 valence electrons. The van der Waals surface area contributed by atoms with Gasteiger partial charge in [-0.25, -0.2) is 9.80 Å². The highest BCUT2D eigenvalue weighted by Crippen LogP contribution is 2.38. The summed E-state index contributed by atoms with van der Waals surface area (Å²) in [7, 11) is 0. The lowest BCUT2D eigenvalue weighted by Gasteiger charge is -2.37. The molecule has 32 heavy (non-hydrogen) atoms. The fourth-order valence-electron chi connectivity index (χ4n) is 4.08. The van der Waals surface area contributed by atoms with Crippen molar-refractivity contribution in [2.45, 2.75) is 25.9 Å². The van der Waals surface area contributed by atoms with Crippen LogP contribution in [0.1, 0.15) is 31.6 Å². The van der Waals surface area contributed by atoms with Crippen molar-refractivity contribution in [3.8, 4) is 5.82 Å². The molecule has 13 nitrogen and oxygen atoms in total. The molecule has 1 N–H and O–H groups in total. The number of aromatic nitrogens is 6. The summed E-state index contributed by atoms with van der Waals surface area (Å²) in [5.41, 5.74) is 0.684. The van der Waals surface area contributed by atoms with Crippen LogP contribution in [-0.4, -0.2) is 89.8 Å². The van der Waals surface area contributed by atoms with Crippen LogP contribution in [0.5, 0.6) is 0 Å². The number of carbonyl (C=O) groups is 2. The van der Waals surface area contributed by atoms with Crippen LogP contribution in [-0.2, 0) is 14.3 Å². The van der Waals surface area contributed by atoms with E-state index in [1.165, 1.54) is 16.0 Å². The quantitative estimate of drug-likeness (QED) is 0.588. The number of hydrazone groups is 1. The largest absolute Gasteiger partial charge is 0.456 e. The number of rotatable bonds is 5. The van der Waals surface area contributed by atoms with E-state index in [0.29, 0.717) is 55.3 Å². The Kier molecular flexibility index (Phi) is 4.98. The highest BCUT2D eigenvalue weighted by atomic mass is 16.5. The van der Waals surface area contributed by atoms with Crippen LogP contribution in [0.2, 0.25) is 0 Å². The van der Waals surface area contributed by atoms with Crippen LogP contribution < -0.4 is 0 Å². The molecule has 5 rings (SSSR count). The van der Waals surface area contributed by atoms with E-state index in [0.717, 1.165) is 0 Å². The summed E-state index contributed by atoms with van der Waals surface area (Å²) in [4.78, 5) is 26.8. The van der Waals surface area contributed by atoms with Crippen LogP contribution in [0.15, 0.2) is 34.8 Å². The summed E-state index contributed by atoms with van der Waals surface area (Å²) < 4.78 is 6.38. The van der Waals surface area contributed by atoms with Gasteiger partial charge in [0.2, 0.25) is 0 Å². The molecule has 2 aromatic heterocycles. The van der Waals surface area contributed by atoms with Gasteiger partial charge >= 0.3 is 5.97 Å². The maximum absolute atomic E-state index is 13.1. The predicted molar refractivity (Wildman–Crippen MR) is 107 cm³/mol. The smallest absolute Gasteiger partial charge is 0.336 e. The fourth-order valence-corrected chi connectivity index (χ4v) is 4.08. The Morgan fingerprint density at radius 2 is 2.03 bits per heavy atom. The Morgan fingerprint density at radius 1 is 1.22 bits per heavy atom. The van der Waals surface area contributed by atoms with Crippen LogP contribution in [0.25, 0.3) is 5.82 Å². The Balaban J connectivity index is 1.19. The zero-order valence-corrected chi connectivity index (χ0v) is 17.3. The van der Waals surface area contributed by atoms with E-state index < -0.39 is 17.5 Å². The second-order valence-corrected chi connectivity index (χ2v) is 8.05. The van der Waals surface area contributed by atoms with Crippen molar-refractivity contribution in [3.05, 3.63) is 35.4 Å². The summed E-state index contributed by atoms with van der Waals surface area (Å²) in [5, 5.41) is 35.2. The molecule has 0 aromatic carbocycles. The van der Waals surface area contributed by atoms with Crippen molar-refractivity contribution in [2.24, 2.45) is 10.5 Å². The lowest BCUT2D eigenvalue weighted by molar-refractivity contribution is -0.138. The maximum Gasteiger partial charge on any atom is 0.336 e. The second-order valence-electron chi connectivity index (χ2n) is 8.05. The lowest BCUT2D eigenvalue weighted by Crippen LogP contribution is -2.47. The fraction of sp³-hybridized carbons (Fsp3) is 0.474. The average molecular weight is 439 g/mol. The zero-order valence-electron chi connectivity index (χ0n) is 17.3. The van der Waals surface area contributed by atoms with Gasteiger partial charge in [-0.3, -0.25) is 4.79 Å². The number of hydrogen-bond donors (Lipinski definition) is 1. The van der Waals surface area contributed by atoms with E-state index in [2.05, 4.69) is 35.7 Å². The number of nitrogens with zero attached hydrogens (tertiary/aromatic N) is 9. The molecule has 1 amide bonds. The van der Waals surface area contributed by atoms with Gasteiger partial charge < -0.3 is 14.7 Å². The second kappa shape index (κ2) is 7.84. The van der Waals surface area contributed by atoms with Crippen LogP contribution >= 0.6 is 0 Å². The van der Waals surface area contributed by atoms with E-state index in [-0.39, 0.29) is 12.5 Å². The standard InChI is InChI=1S/C19H21N9O4/c1-12-14(9-32-17(12)30)28-18(31)19(10-21-28)4-6-26(7-5-19)8-15(29)13-2-3-16(23-22-13)27-11-20-24-25-27/h2-3,10-11,15,29H,4-9H2,1H3. The lowest BCUT2D eigenvalue weighted by atomic mass is 9.79. The van der Waals surface area contributed by atoms with E-state index in [4.69, 9.17) is 4.74 Å². The molecule has 1 fully saturated rings. The first-order chi connectivity index (χ1) is 15.5. The number of likely N-dealkylation sites (tertiary alicyclic amines) is 1. The summed E-state index contributed by atoms with van der Waals surface area (Å²) in [5.74, 6) is -0.0922. The summed E-state index contributed by atoms with van der Waals surface area (Å²) >= 11 is 0. The van der Waals surface area contributed by atoms with Gasteiger partial charge in [-0.1, -0.05) is 0 Å². The molecule has 13 heteroatoms. The molecular formula is C19H21N9O4. The van der Waals surface area contributed by atoms with E-state index >= 15 is 0 Å². The van der Waals surface area contributed by atoms with Crippen molar-refractivity contribution >= 4 is 18.1 Å². The number of hydrogen-bond acceptors (Lipinski definition) is 11. The van der Waals surface area contributed by atoms with Crippen molar-refractivity contribution in [1.82, 2.24) is 40.3 Å². The third-order valence-electron chi connectivity index (χ3n) is 6.15. The van der Waals surface area contributed by atoms with Crippen molar-refractivity contribution in [3.63, 3.8) is 0 Å². The highest BCUT2D eigenvalue weighted by molar-refractivity contribution is 6.04. The number of tetrazole rings is 1. The maximum atomic E-state index is 13.1. The van der Waals surface area contributed by atoms with Crippen molar-refractivity contribution in [2.75, 3.05) is 26.2 Å². The van der Waals surface area contributed by atoms with Gasteiger partial charge in [-0.05, 0) is 55.4 Å². The van der Waals surface area contributed by atoms with Gasteiger partial charge in [-0.2, -0.15) is 14.9 Å². The third kappa shape index (κ3) is 3.44. The Labute approximate surface area is 182 Å². The molecule has 1 spiro atoms. The normalized spacial score (nSPS) is 21.6. The molecule has 0 saturated carbocycles. The number of carbonyl (C=O) groups excluding carboxylic acids is 2. The molecule has 0 aliphatic carbocycles. The number of aliphatic hydroxyl groups excluding tert-OH is 1. The molecule has 1 unspecified atom stereocenters. The molecule has 5 heterocycles. The minimum Gasteiger partial charge on any atom is -0.456 e. The number of esters is 1. The molecule has 0 radical (unpaired) electrons. The number of β-amino-alcohol motifs (C(OH)–C–C–N with tert-alkyl or cyclic N) is 1. The number of ether oxygens (including phenoxy) is 1. The molecule has 3 aliphatic rings. The highest BCUT2D eigenvalue weighted by Gasteiger charge is 2.48. The first kappa shape index (κ1) is 20.3. The van der Waals surface area contributed by atoms with Crippen LogP contribution in [0.3, 0.4) is 0 Å². The zero-order chi connectivity index (χ0) is 22.3. The average Bonchev–Trinajstić information content (AvgIpc) is 3.53. The summed E-state index contributed by atoms with van der Waals surface area (Å²) in [6, 6.07) is 3.37. The van der Waals surface area contributed by atoms with Crippen molar-refractivity contribution < 1.29 is 19.4 Å². The van der Waals surface area contributed by atoms with E-state index in [1.54, 1.807) is 25.3 Å². The van der Waals surface area contributed by atoms with Crippen LogP contribution in [0.4, 0.5) is 0 Å². The van der Waals surface area contributed by atoms with Crippen LogP contribution in [0, 0.1) is 5.41 Å². The minimum absolute atomic E-state index is 0.0649. The predicted octanol–water partition coefficient (Wildman–Crippen LogP) is -0.773. The number of amides is 1. The number of aliphatic hydroxyl groups is 1. The van der Waals surface area contributed by atoms with Gasteiger partial charge in [0.25, 0.3) is 5.91 Å². The monoisotopic (exact) mass is 439 g/mol. The number of piperidine rings is 1. The van der Waals surface area contributed by atoms with Gasteiger partial charge in [-0.15, -0.1) is 10.2 Å². The van der Waals surface area contributed by atoms with E-state index in [9.17, 15) is 14.7 Å². The summed E-state index contributed by atoms with van der Waals surface area (Å²) in [6.07, 6.45) is 3.43. The van der Waals surface area contributed by atoms with Gasteiger partial charge in [0.1, 0.15) is 19.0 Å². The third-order valence-corrected chi connectivity index (χ3v) is 6.15. The first-order valence-corrected chi connectivity index (χ1v) is 10.2. The van der Waals surface area contributed by atoms with E-state index in [1.807, 2.05) is 0 Å². The van der Waals surface area contributed by atoms with Gasteiger partial charge in [0.15, 0.2) is 5.82 Å². The Bertz CT molecular complexity index is 1090. The Morgan fingerprint density at radius 3 is 2.66 bits per heavy atom. The first-order valence-electron chi connectivity index (χ1n) is 10.2. The summed E-state index contributed by atoms with van der Waals surface area (Å²) in [6.45, 7) is 3.31. The molecule has 1 atom stereocenters. The molecular weight excluding hydrogens is 418 g/mol. The molecule has 3 aliphatic heterocycles. The SMILES string of the molecule is CC1=C(N2N=CC3(CCN(CC(O)c4ccc(-n5cnnn5)nn4)CC3)C2=O)COC1=O.